The molecule has 1 nitrogen and oxygen atoms in total. The lowest BCUT2D eigenvalue weighted by atomic mass is 9.72. The standard InChI is InChI=1S/C16H23N/c1-2-11-17-16-10-6-5-8-14(16)12-13-7-3-4-9-15(13)16/h3-4,7,9,14,17H,2,5-6,8,10-12H2,1H3. The summed E-state index contributed by atoms with van der Waals surface area (Å²) in [6.07, 6.45) is 8.10. The van der Waals surface area contributed by atoms with Gasteiger partial charge in [-0.25, -0.2) is 0 Å². The normalized spacial score (nSPS) is 31.0. The van der Waals surface area contributed by atoms with Crippen LogP contribution in [-0.2, 0) is 12.0 Å². The Morgan fingerprint density at radius 2 is 2.18 bits per heavy atom. The van der Waals surface area contributed by atoms with Crippen molar-refractivity contribution in [2.24, 2.45) is 5.92 Å². The molecule has 2 aliphatic carbocycles. The van der Waals surface area contributed by atoms with Crippen molar-refractivity contribution in [3.8, 4) is 0 Å². The maximum absolute atomic E-state index is 3.90. The Morgan fingerprint density at radius 1 is 1.29 bits per heavy atom. The van der Waals surface area contributed by atoms with E-state index in [1.54, 1.807) is 11.1 Å². The number of benzene rings is 1. The molecule has 3 rings (SSSR count). The minimum atomic E-state index is 0.324. The first-order chi connectivity index (χ1) is 8.37. The van der Waals surface area contributed by atoms with Crippen LogP contribution in [0.15, 0.2) is 24.3 Å². The van der Waals surface area contributed by atoms with E-state index in [1.807, 2.05) is 0 Å². The molecular formula is C16H23N. The van der Waals surface area contributed by atoms with Gasteiger partial charge in [-0.2, -0.15) is 0 Å². The molecule has 0 bridgehead atoms. The highest BCUT2D eigenvalue weighted by Crippen LogP contribution is 2.49. The zero-order chi connectivity index (χ0) is 11.7. The number of fused-ring (bicyclic) bond motifs is 3. The zero-order valence-electron chi connectivity index (χ0n) is 10.8. The SMILES string of the molecule is CCCNC12CCCCC1Cc1ccccc12. The molecule has 0 amide bonds. The molecule has 0 saturated heterocycles. The molecule has 17 heavy (non-hydrogen) atoms. The second-order valence-electron chi connectivity index (χ2n) is 5.70. The summed E-state index contributed by atoms with van der Waals surface area (Å²) in [4.78, 5) is 0. The molecule has 0 aliphatic heterocycles. The van der Waals surface area contributed by atoms with Crippen LogP contribution < -0.4 is 5.32 Å². The molecule has 1 saturated carbocycles. The van der Waals surface area contributed by atoms with E-state index in [0.717, 1.165) is 12.5 Å². The first-order valence-electron chi connectivity index (χ1n) is 7.20. The Bertz CT molecular complexity index is 398. The average Bonchev–Trinajstić information content (AvgIpc) is 2.71. The average molecular weight is 229 g/mol. The lowest BCUT2D eigenvalue weighted by molar-refractivity contribution is 0.160. The van der Waals surface area contributed by atoms with Crippen LogP contribution in [0.3, 0.4) is 0 Å². The molecule has 1 heteroatoms. The lowest BCUT2D eigenvalue weighted by Gasteiger charge is -2.41. The van der Waals surface area contributed by atoms with E-state index in [1.165, 1.54) is 38.5 Å². The monoisotopic (exact) mass is 229 g/mol. The van der Waals surface area contributed by atoms with Gasteiger partial charge in [0.25, 0.3) is 0 Å². The highest BCUT2D eigenvalue weighted by Gasteiger charge is 2.46. The third-order valence-electron chi connectivity index (χ3n) is 4.73. The number of rotatable bonds is 3. The number of nitrogens with one attached hydrogen (secondary N) is 1. The van der Waals surface area contributed by atoms with E-state index >= 15 is 0 Å². The van der Waals surface area contributed by atoms with Crippen LogP contribution in [0.2, 0.25) is 0 Å². The molecule has 1 fully saturated rings. The van der Waals surface area contributed by atoms with E-state index in [-0.39, 0.29) is 0 Å². The molecule has 2 unspecified atom stereocenters. The Balaban J connectivity index is 1.99. The van der Waals surface area contributed by atoms with Crippen molar-refractivity contribution in [1.29, 1.82) is 0 Å². The van der Waals surface area contributed by atoms with Gasteiger partial charge in [0, 0.05) is 5.54 Å². The molecular weight excluding hydrogens is 206 g/mol. The van der Waals surface area contributed by atoms with Crippen molar-refractivity contribution in [2.45, 2.75) is 51.0 Å². The molecule has 0 radical (unpaired) electrons. The quantitative estimate of drug-likeness (QED) is 0.834. The van der Waals surface area contributed by atoms with Crippen molar-refractivity contribution < 1.29 is 0 Å². The molecule has 0 aromatic heterocycles. The summed E-state index contributed by atoms with van der Waals surface area (Å²) in [6.45, 7) is 3.42. The first-order valence-corrected chi connectivity index (χ1v) is 7.20. The minimum Gasteiger partial charge on any atom is -0.307 e. The van der Waals surface area contributed by atoms with Gasteiger partial charge in [0.1, 0.15) is 0 Å². The number of hydrogen-bond donors (Lipinski definition) is 1. The van der Waals surface area contributed by atoms with Gasteiger partial charge in [-0.3, -0.25) is 0 Å². The van der Waals surface area contributed by atoms with Crippen molar-refractivity contribution in [3.63, 3.8) is 0 Å². The van der Waals surface area contributed by atoms with Gasteiger partial charge in [-0.15, -0.1) is 0 Å². The zero-order valence-corrected chi connectivity index (χ0v) is 10.8. The molecule has 0 spiro atoms. The third kappa shape index (κ3) is 1.72. The van der Waals surface area contributed by atoms with Crippen molar-refractivity contribution in [3.05, 3.63) is 35.4 Å². The smallest absolute Gasteiger partial charge is 0.0469 e. The van der Waals surface area contributed by atoms with Gasteiger partial charge in [-0.05, 0) is 49.3 Å². The predicted molar refractivity (Wildman–Crippen MR) is 72.1 cm³/mol. The van der Waals surface area contributed by atoms with Gasteiger partial charge in [0.15, 0.2) is 0 Å². The summed E-state index contributed by atoms with van der Waals surface area (Å²) in [5.74, 6) is 0.847. The molecule has 0 heterocycles. The summed E-state index contributed by atoms with van der Waals surface area (Å²) >= 11 is 0. The van der Waals surface area contributed by atoms with Crippen LogP contribution >= 0.6 is 0 Å². The van der Waals surface area contributed by atoms with Crippen LogP contribution in [0.25, 0.3) is 0 Å². The van der Waals surface area contributed by atoms with Crippen LogP contribution in [0.1, 0.15) is 50.2 Å². The maximum Gasteiger partial charge on any atom is 0.0469 e. The summed E-state index contributed by atoms with van der Waals surface area (Å²) in [5, 5.41) is 3.90. The Morgan fingerprint density at radius 3 is 3.06 bits per heavy atom. The summed E-state index contributed by atoms with van der Waals surface area (Å²) < 4.78 is 0. The minimum absolute atomic E-state index is 0.324. The van der Waals surface area contributed by atoms with Crippen LogP contribution in [0.5, 0.6) is 0 Å². The van der Waals surface area contributed by atoms with E-state index in [0.29, 0.717) is 5.54 Å². The van der Waals surface area contributed by atoms with E-state index in [2.05, 4.69) is 36.5 Å². The van der Waals surface area contributed by atoms with E-state index in [9.17, 15) is 0 Å². The molecule has 92 valence electrons. The lowest BCUT2D eigenvalue weighted by Crippen LogP contribution is -2.48. The van der Waals surface area contributed by atoms with E-state index < -0.39 is 0 Å². The van der Waals surface area contributed by atoms with Gasteiger partial charge in [0.05, 0.1) is 0 Å². The van der Waals surface area contributed by atoms with Gasteiger partial charge in [-0.1, -0.05) is 44.0 Å². The van der Waals surface area contributed by atoms with Crippen LogP contribution in [0, 0.1) is 5.92 Å². The van der Waals surface area contributed by atoms with Crippen molar-refractivity contribution in [2.75, 3.05) is 6.54 Å². The molecule has 1 aromatic rings. The highest BCUT2D eigenvalue weighted by atomic mass is 15.0. The number of hydrogen-bond acceptors (Lipinski definition) is 1. The van der Waals surface area contributed by atoms with Gasteiger partial charge >= 0.3 is 0 Å². The fraction of sp³-hybridized carbons (Fsp3) is 0.625. The van der Waals surface area contributed by atoms with Crippen molar-refractivity contribution in [1.82, 2.24) is 5.32 Å². The summed E-state index contributed by atoms with van der Waals surface area (Å²) in [5.41, 5.74) is 3.53. The van der Waals surface area contributed by atoms with Crippen LogP contribution in [-0.4, -0.2) is 6.54 Å². The molecule has 2 aliphatic rings. The van der Waals surface area contributed by atoms with Gasteiger partial charge < -0.3 is 5.32 Å². The fourth-order valence-electron chi connectivity index (χ4n) is 3.95. The molecule has 2 atom stereocenters. The van der Waals surface area contributed by atoms with Gasteiger partial charge in [0.2, 0.25) is 0 Å². The second-order valence-corrected chi connectivity index (χ2v) is 5.70. The third-order valence-corrected chi connectivity index (χ3v) is 4.73. The second kappa shape index (κ2) is 4.45. The largest absolute Gasteiger partial charge is 0.307 e. The fourth-order valence-corrected chi connectivity index (χ4v) is 3.95. The Kier molecular flexibility index (Phi) is 2.96. The summed E-state index contributed by atoms with van der Waals surface area (Å²) in [7, 11) is 0. The predicted octanol–water partition coefficient (Wildman–Crippen LogP) is 3.63. The molecule has 1 aromatic carbocycles. The summed E-state index contributed by atoms with van der Waals surface area (Å²) in [6, 6.07) is 9.11. The first kappa shape index (κ1) is 11.3. The Hall–Kier alpha value is -0.820. The van der Waals surface area contributed by atoms with Crippen molar-refractivity contribution >= 4 is 0 Å². The highest BCUT2D eigenvalue weighted by molar-refractivity contribution is 5.40. The topological polar surface area (TPSA) is 12.0 Å². The van der Waals surface area contributed by atoms with E-state index in [4.69, 9.17) is 0 Å². The van der Waals surface area contributed by atoms with Crippen LogP contribution in [0.4, 0.5) is 0 Å². The maximum atomic E-state index is 3.90. The molecule has 1 N–H and O–H groups in total. The Labute approximate surface area is 105 Å².